The van der Waals surface area contributed by atoms with E-state index in [-0.39, 0.29) is 0 Å². The van der Waals surface area contributed by atoms with Crippen molar-refractivity contribution in [3.8, 4) is 21.1 Å². The Labute approximate surface area is 245 Å². The molecule has 0 radical (unpaired) electrons. The van der Waals surface area contributed by atoms with E-state index in [0.29, 0.717) is 0 Å². The summed E-state index contributed by atoms with van der Waals surface area (Å²) in [6, 6.07) is 29.9. The van der Waals surface area contributed by atoms with Crippen LogP contribution in [-0.2, 0) is 0 Å². The molecule has 0 unspecified atom stereocenters. The summed E-state index contributed by atoms with van der Waals surface area (Å²) in [7, 11) is 8.20. The highest BCUT2D eigenvalue weighted by Crippen LogP contribution is 2.33. The van der Waals surface area contributed by atoms with Crippen LogP contribution in [0.5, 0.6) is 0 Å². The number of hydrogen-bond acceptors (Lipinski definition) is 6. The van der Waals surface area contributed by atoms with Crippen molar-refractivity contribution in [1.82, 2.24) is 9.97 Å². The number of aryl methyl sites for hydroxylation is 1. The Bertz CT molecular complexity index is 1560. The quantitative estimate of drug-likeness (QED) is 0.179. The first-order valence-corrected chi connectivity index (χ1v) is 15.0. The first kappa shape index (κ1) is 26.6. The molecule has 2 aromatic heterocycles. The zero-order chi connectivity index (χ0) is 26.8. The summed E-state index contributed by atoms with van der Waals surface area (Å²) in [5.41, 5.74) is 8.23. The Kier molecular flexibility index (Phi) is 7.97. The van der Waals surface area contributed by atoms with Crippen molar-refractivity contribution in [3.63, 3.8) is 0 Å². The second-order valence-corrected chi connectivity index (χ2v) is 12.8. The smallest absolute Gasteiger partial charge is 0.124 e. The predicted octanol–water partition coefficient (Wildman–Crippen LogP) is 8.97. The van der Waals surface area contributed by atoms with Crippen molar-refractivity contribution in [1.29, 1.82) is 0 Å². The summed E-state index contributed by atoms with van der Waals surface area (Å²) >= 11 is 5.84. The van der Waals surface area contributed by atoms with E-state index in [9.17, 15) is 0 Å². The van der Waals surface area contributed by atoms with Gasteiger partial charge in [0.1, 0.15) is 10.0 Å². The molecule has 0 aliphatic carbocycles. The fourth-order valence-electron chi connectivity index (χ4n) is 3.98. The van der Waals surface area contributed by atoms with E-state index in [2.05, 4.69) is 152 Å². The number of halogens is 1. The number of benzene rings is 4. The molecule has 0 atom stereocenters. The van der Waals surface area contributed by atoms with Crippen LogP contribution in [-0.4, -0.2) is 38.2 Å². The van der Waals surface area contributed by atoms with Crippen molar-refractivity contribution in [2.75, 3.05) is 38.0 Å². The Hall–Kier alpha value is -3.01. The Morgan fingerprint density at radius 3 is 1.50 bits per heavy atom. The first-order chi connectivity index (χ1) is 18.3. The molecule has 7 heteroatoms. The average Bonchev–Trinajstić information content (AvgIpc) is 3.53. The van der Waals surface area contributed by atoms with Gasteiger partial charge in [-0.2, -0.15) is 0 Å². The molecule has 0 bridgehead atoms. The third-order valence-electron chi connectivity index (χ3n) is 6.16. The maximum Gasteiger partial charge on any atom is 0.124 e. The maximum atomic E-state index is 4.70. The molecule has 0 amide bonds. The Morgan fingerprint density at radius 2 is 1.03 bits per heavy atom. The van der Waals surface area contributed by atoms with Crippen LogP contribution in [0.1, 0.15) is 5.56 Å². The van der Waals surface area contributed by atoms with Crippen LogP contribution < -0.4 is 9.80 Å². The summed E-state index contributed by atoms with van der Waals surface area (Å²) in [5.74, 6) is 0. The first-order valence-electron chi connectivity index (χ1n) is 12.3. The normalized spacial score (nSPS) is 10.9. The van der Waals surface area contributed by atoms with Gasteiger partial charge in [0.15, 0.2) is 0 Å². The molecule has 0 saturated heterocycles. The fraction of sp³-hybridized carbons (Fsp3) is 0.161. The van der Waals surface area contributed by atoms with E-state index in [1.54, 1.807) is 22.7 Å². The maximum absolute atomic E-state index is 4.70. The van der Waals surface area contributed by atoms with Crippen LogP contribution in [0.2, 0.25) is 0 Å². The second-order valence-electron chi connectivity index (χ2n) is 9.50. The summed E-state index contributed by atoms with van der Waals surface area (Å²) in [6.45, 7) is 2.12. The highest BCUT2D eigenvalue weighted by Gasteiger charge is 2.08. The molecule has 2 heterocycles. The van der Waals surface area contributed by atoms with Crippen molar-refractivity contribution in [2.24, 2.45) is 0 Å². The lowest BCUT2D eigenvalue weighted by Gasteiger charge is -2.11. The minimum absolute atomic E-state index is 1.08. The van der Waals surface area contributed by atoms with Crippen LogP contribution in [0.4, 0.5) is 11.4 Å². The highest BCUT2D eigenvalue weighted by molar-refractivity contribution is 14.1. The van der Waals surface area contributed by atoms with E-state index in [4.69, 9.17) is 9.97 Å². The summed E-state index contributed by atoms with van der Waals surface area (Å²) in [5, 5.41) is 2.17. The van der Waals surface area contributed by atoms with Crippen LogP contribution >= 0.6 is 45.3 Å². The SMILES string of the molecule is CN(C)c1ccc(-c2nc3ccc([125I])cc3s2)cc1.Cc1ccc2nc(-c3ccc(N(C)C)cc3)sc2c1. The molecule has 4 nitrogen and oxygen atoms in total. The van der Waals surface area contributed by atoms with Crippen molar-refractivity contribution in [2.45, 2.75) is 6.92 Å². The molecule has 0 saturated carbocycles. The van der Waals surface area contributed by atoms with Gasteiger partial charge in [-0.1, -0.05) is 6.07 Å². The molecule has 0 fully saturated rings. The largest absolute Gasteiger partial charge is 0.378 e. The number of rotatable bonds is 4. The molecule has 0 spiro atoms. The number of thiazole rings is 2. The van der Waals surface area contributed by atoms with Gasteiger partial charge < -0.3 is 9.80 Å². The van der Waals surface area contributed by atoms with Gasteiger partial charge in [0.2, 0.25) is 0 Å². The Morgan fingerprint density at radius 1 is 0.579 bits per heavy atom. The lowest BCUT2D eigenvalue weighted by atomic mass is 10.2. The molecular formula is C31H29IN4S2. The molecule has 0 aliphatic rings. The van der Waals surface area contributed by atoms with E-state index in [1.165, 1.54) is 41.0 Å². The third kappa shape index (κ3) is 6.00. The van der Waals surface area contributed by atoms with Gasteiger partial charge in [-0.15, -0.1) is 22.7 Å². The molecule has 192 valence electrons. The number of hydrogen-bond donors (Lipinski definition) is 0. The van der Waals surface area contributed by atoms with Gasteiger partial charge in [0.25, 0.3) is 0 Å². The van der Waals surface area contributed by atoms with Crippen molar-refractivity contribution in [3.05, 3.63) is 94.1 Å². The third-order valence-corrected chi connectivity index (χ3v) is 8.96. The minimum atomic E-state index is 1.08. The lowest BCUT2D eigenvalue weighted by molar-refractivity contribution is 1.13. The number of fused-ring (bicyclic) bond motifs is 2. The second kappa shape index (κ2) is 11.4. The van der Waals surface area contributed by atoms with Gasteiger partial charge in [-0.05, 0) is 114 Å². The zero-order valence-electron chi connectivity index (χ0n) is 22.1. The van der Waals surface area contributed by atoms with Crippen LogP contribution in [0.15, 0.2) is 84.9 Å². The number of anilines is 2. The van der Waals surface area contributed by atoms with Crippen molar-refractivity contribution >= 4 is 77.1 Å². The fourth-order valence-corrected chi connectivity index (χ4v) is 6.76. The summed E-state index contributed by atoms with van der Waals surface area (Å²) in [6.07, 6.45) is 0. The van der Waals surface area contributed by atoms with Gasteiger partial charge in [0, 0.05) is 54.3 Å². The summed E-state index contributed by atoms with van der Waals surface area (Å²) in [4.78, 5) is 13.6. The van der Waals surface area contributed by atoms with Gasteiger partial charge in [0.05, 0.1) is 20.4 Å². The van der Waals surface area contributed by atoms with Crippen LogP contribution in [0.3, 0.4) is 0 Å². The molecule has 6 aromatic rings. The van der Waals surface area contributed by atoms with Crippen LogP contribution in [0, 0.1) is 10.5 Å². The van der Waals surface area contributed by atoms with Crippen LogP contribution in [0.25, 0.3) is 41.6 Å². The molecular weight excluding hydrogens is 617 g/mol. The van der Waals surface area contributed by atoms with Gasteiger partial charge in [-0.3, -0.25) is 0 Å². The van der Waals surface area contributed by atoms with E-state index >= 15 is 0 Å². The molecule has 4 aromatic carbocycles. The zero-order valence-corrected chi connectivity index (χ0v) is 25.9. The van der Waals surface area contributed by atoms with Gasteiger partial charge >= 0.3 is 0 Å². The lowest BCUT2D eigenvalue weighted by Crippen LogP contribution is -2.07. The highest BCUT2D eigenvalue weighted by atomic mass is 125. The van der Waals surface area contributed by atoms with Gasteiger partial charge in [-0.25, -0.2) is 9.97 Å². The molecule has 6 rings (SSSR count). The summed E-state index contributed by atoms with van der Waals surface area (Å²) < 4.78 is 3.76. The predicted molar refractivity (Wildman–Crippen MR) is 176 cm³/mol. The monoisotopic (exact) mass is 646 g/mol. The standard InChI is InChI=1S/C16H16N2S.C15H13IN2S/c1-11-4-9-14-15(10-11)19-16(17-14)12-5-7-13(8-6-12)18(2)3;1-18(2)12-6-3-10(4-7-12)15-17-13-8-5-11(16)9-14(13)19-15/h4-10H,1-3H3;3-9H,1-2H3/i;16-2. The van der Waals surface area contributed by atoms with E-state index in [0.717, 1.165) is 21.0 Å². The van der Waals surface area contributed by atoms with Crippen molar-refractivity contribution < 1.29 is 0 Å². The Balaban J connectivity index is 0.000000155. The number of nitrogens with zero attached hydrogens (tertiary/aromatic N) is 4. The topological polar surface area (TPSA) is 32.3 Å². The number of aromatic nitrogens is 2. The van der Waals surface area contributed by atoms with E-state index in [1.807, 2.05) is 0 Å². The minimum Gasteiger partial charge on any atom is -0.378 e. The molecule has 0 aliphatic heterocycles. The molecule has 38 heavy (non-hydrogen) atoms. The molecule has 0 N–H and O–H groups in total. The average molecular weight is 647 g/mol. The van der Waals surface area contributed by atoms with E-state index < -0.39 is 0 Å².